The average Bonchev–Trinajstić information content (AvgIpc) is 2.74. The van der Waals surface area contributed by atoms with E-state index in [4.69, 9.17) is 11.6 Å². The topological polar surface area (TPSA) is 58.2 Å². The lowest BCUT2D eigenvalue weighted by Gasteiger charge is -2.27. The predicted octanol–water partition coefficient (Wildman–Crippen LogP) is 4.12. The molecule has 0 saturated heterocycles. The zero-order valence-electron chi connectivity index (χ0n) is 16.0. The van der Waals surface area contributed by atoms with Gasteiger partial charge < -0.3 is 10.6 Å². The normalized spacial score (nSPS) is 19.0. The molecular formula is C23H27ClN2O2. The van der Waals surface area contributed by atoms with Crippen LogP contribution in [0, 0.1) is 11.8 Å². The van der Waals surface area contributed by atoms with Gasteiger partial charge in [-0.1, -0.05) is 54.1 Å². The number of carbonyl (C=O) groups is 2. The van der Waals surface area contributed by atoms with Crippen LogP contribution < -0.4 is 10.6 Å². The van der Waals surface area contributed by atoms with E-state index in [1.54, 1.807) is 0 Å². The Balaban J connectivity index is 1.35. The van der Waals surface area contributed by atoms with E-state index >= 15 is 0 Å². The summed E-state index contributed by atoms with van der Waals surface area (Å²) in [7, 11) is 0. The molecule has 4 nitrogen and oxygen atoms in total. The van der Waals surface area contributed by atoms with Gasteiger partial charge in [-0.3, -0.25) is 9.59 Å². The molecule has 2 aromatic rings. The summed E-state index contributed by atoms with van der Waals surface area (Å²) in [6.07, 6.45) is 3.92. The van der Waals surface area contributed by atoms with Crippen molar-refractivity contribution in [3.8, 4) is 0 Å². The van der Waals surface area contributed by atoms with Crippen molar-refractivity contribution in [1.29, 1.82) is 0 Å². The molecule has 1 fully saturated rings. The zero-order valence-corrected chi connectivity index (χ0v) is 16.8. The Morgan fingerprint density at radius 3 is 1.96 bits per heavy atom. The standard InChI is InChI=1S/C23H27ClN2O2/c24-21-12-6-18(7-13-21)16-26-23(28)20-10-8-19(9-11-20)22(27)25-15-14-17-4-2-1-3-5-17/h1-7,12-13,19-20H,8-11,14-16H2,(H,25,27)(H,26,28). The smallest absolute Gasteiger partial charge is 0.223 e. The first-order valence-electron chi connectivity index (χ1n) is 9.95. The summed E-state index contributed by atoms with van der Waals surface area (Å²) in [5.41, 5.74) is 2.26. The molecule has 1 saturated carbocycles. The first-order chi connectivity index (χ1) is 13.6. The molecule has 0 spiro atoms. The fraction of sp³-hybridized carbons (Fsp3) is 0.391. The molecule has 5 heteroatoms. The van der Waals surface area contributed by atoms with Crippen LogP contribution >= 0.6 is 11.6 Å². The van der Waals surface area contributed by atoms with Gasteiger partial charge in [0, 0.05) is 29.9 Å². The van der Waals surface area contributed by atoms with E-state index in [0.29, 0.717) is 18.1 Å². The van der Waals surface area contributed by atoms with E-state index in [2.05, 4.69) is 22.8 Å². The third-order valence-electron chi connectivity index (χ3n) is 5.40. The summed E-state index contributed by atoms with van der Waals surface area (Å²) < 4.78 is 0. The van der Waals surface area contributed by atoms with Crippen LogP contribution in [0.3, 0.4) is 0 Å². The molecule has 0 unspecified atom stereocenters. The van der Waals surface area contributed by atoms with Crippen molar-refractivity contribution in [2.45, 2.75) is 38.6 Å². The minimum atomic E-state index is 0.000619. The van der Waals surface area contributed by atoms with Gasteiger partial charge in [0.1, 0.15) is 0 Å². The van der Waals surface area contributed by atoms with Crippen LogP contribution in [-0.4, -0.2) is 18.4 Å². The van der Waals surface area contributed by atoms with E-state index < -0.39 is 0 Å². The maximum Gasteiger partial charge on any atom is 0.223 e. The quantitative estimate of drug-likeness (QED) is 0.737. The summed E-state index contributed by atoms with van der Waals surface area (Å²) in [6.45, 7) is 1.17. The fourth-order valence-electron chi connectivity index (χ4n) is 3.67. The summed E-state index contributed by atoms with van der Waals surface area (Å²) >= 11 is 5.88. The average molecular weight is 399 g/mol. The minimum absolute atomic E-state index is 0.000619. The van der Waals surface area contributed by atoms with E-state index in [-0.39, 0.29) is 23.7 Å². The predicted molar refractivity (Wildman–Crippen MR) is 112 cm³/mol. The maximum absolute atomic E-state index is 12.4. The maximum atomic E-state index is 12.4. The number of amides is 2. The van der Waals surface area contributed by atoms with Gasteiger partial charge >= 0.3 is 0 Å². The van der Waals surface area contributed by atoms with Crippen LogP contribution in [0.4, 0.5) is 0 Å². The van der Waals surface area contributed by atoms with Crippen LogP contribution in [0.25, 0.3) is 0 Å². The van der Waals surface area contributed by atoms with Gasteiger partial charge in [-0.25, -0.2) is 0 Å². The molecular weight excluding hydrogens is 372 g/mol. The molecule has 0 radical (unpaired) electrons. The highest BCUT2D eigenvalue weighted by atomic mass is 35.5. The highest BCUT2D eigenvalue weighted by molar-refractivity contribution is 6.30. The molecule has 0 bridgehead atoms. The van der Waals surface area contributed by atoms with Gasteiger partial charge in [0.25, 0.3) is 0 Å². The Hall–Kier alpha value is -2.33. The summed E-state index contributed by atoms with van der Waals surface area (Å²) in [5.74, 6) is 0.227. The molecule has 2 N–H and O–H groups in total. The zero-order chi connectivity index (χ0) is 19.8. The molecule has 28 heavy (non-hydrogen) atoms. The summed E-state index contributed by atoms with van der Waals surface area (Å²) in [5, 5.41) is 6.74. The third-order valence-corrected chi connectivity index (χ3v) is 5.66. The van der Waals surface area contributed by atoms with Crippen LogP contribution in [0.5, 0.6) is 0 Å². The van der Waals surface area contributed by atoms with Crippen molar-refractivity contribution in [3.63, 3.8) is 0 Å². The summed E-state index contributed by atoms with van der Waals surface area (Å²) in [4.78, 5) is 24.8. The molecule has 0 aliphatic heterocycles. The molecule has 2 amide bonds. The van der Waals surface area contributed by atoms with Gasteiger partial charge in [0.15, 0.2) is 0 Å². The van der Waals surface area contributed by atoms with Gasteiger partial charge in [-0.05, 0) is 55.4 Å². The Bertz CT molecular complexity index is 769. The highest BCUT2D eigenvalue weighted by Crippen LogP contribution is 2.29. The second kappa shape index (κ2) is 10.3. The minimum Gasteiger partial charge on any atom is -0.356 e. The Morgan fingerprint density at radius 2 is 1.36 bits per heavy atom. The largest absolute Gasteiger partial charge is 0.356 e. The monoisotopic (exact) mass is 398 g/mol. The molecule has 1 aliphatic rings. The SMILES string of the molecule is O=C(NCCc1ccccc1)C1CCC(C(=O)NCc2ccc(Cl)cc2)CC1. The molecule has 0 heterocycles. The van der Waals surface area contributed by atoms with Crippen molar-refractivity contribution in [3.05, 3.63) is 70.7 Å². The molecule has 2 aromatic carbocycles. The first kappa shape index (κ1) is 20.4. The number of benzene rings is 2. The molecule has 148 valence electrons. The van der Waals surface area contributed by atoms with E-state index in [1.807, 2.05) is 42.5 Å². The Morgan fingerprint density at radius 1 is 0.786 bits per heavy atom. The van der Waals surface area contributed by atoms with Crippen molar-refractivity contribution in [2.75, 3.05) is 6.54 Å². The van der Waals surface area contributed by atoms with Crippen LogP contribution in [-0.2, 0) is 22.6 Å². The summed E-state index contributed by atoms with van der Waals surface area (Å²) in [6, 6.07) is 17.6. The number of carbonyl (C=O) groups excluding carboxylic acids is 2. The lowest BCUT2D eigenvalue weighted by Crippen LogP contribution is -2.37. The van der Waals surface area contributed by atoms with Crippen molar-refractivity contribution in [1.82, 2.24) is 10.6 Å². The van der Waals surface area contributed by atoms with Crippen LogP contribution in [0.15, 0.2) is 54.6 Å². The number of rotatable bonds is 7. The van der Waals surface area contributed by atoms with Gasteiger partial charge in [0.2, 0.25) is 11.8 Å². The lowest BCUT2D eigenvalue weighted by molar-refractivity contribution is -0.130. The van der Waals surface area contributed by atoms with Gasteiger partial charge in [-0.2, -0.15) is 0 Å². The number of nitrogens with one attached hydrogen (secondary N) is 2. The lowest BCUT2D eigenvalue weighted by atomic mass is 9.81. The number of halogens is 1. The molecule has 1 aliphatic carbocycles. The van der Waals surface area contributed by atoms with Crippen molar-refractivity contribution >= 4 is 23.4 Å². The van der Waals surface area contributed by atoms with Crippen LogP contribution in [0.2, 0.25) is 5.02 Å². The van der Waals surface area contributed by atoms with Gasteiger partial charge in [0.05, 0.1) is 0 Å². The van der Waals surface area contributed by atoms with E-state index in [1.165, 1.54) is 5.56 Å². The highest BCUT2D eigenvalue weighted by Gasteiger charge is 2.29. The third kappa shape index (κ3) is 6.10. The first-order valence-corrected chi connectivity index (χ1v) is 10.3. The van der Waals surface area contributed by atoms with Crippen LogP contribution in [0.1, 0.15) is 36.8 Å². The van der Waals surface area contributed by atoms with E-state index in [9.17, 15) is 9.59 Å². The second-order valence-electron chi connectivity index (χ2n) is 7.42. The molecule has 0 atom stereocenters. The van der Waals surface area contributed by atoms with E-state index in [0.717, 1.165) is 37.7 Å². The Kier molecular flexibility index (Phi) is 7.49. The van der Waals surface area contributed by atoms with Crippen molar-refractivity contribution in [2.24, 2.45) is 11.8 Å². The van der Waals surface area contributed by atoms with Gasteiger partial charge in [-0.15, -0.1) is 0 Å². The number of hydrogen-bond acceptors (Lipinski definition) is 2. The number of hydrogen-bond donors (Lipinski definition) is 2. The molecule has 0 aromatic heterocycles. The fourth-order valence-corrected chi connectivity index (χ4v) is 3.80. The second-order valence-corrected chi connectivity index (χ2v) is 7.86. The molecule has 3 rings (SSSR count). The van der Waals surface area contributed by atoms with Crippen molar-refractivity contribution < 1.29 is 9.59 Å². The Labute approximate surface area is 171 Å².